The summed E-state index contributed by atoms with van der Waals surface area (Å²) < 4.78 is 11.0. The predicted octanol–water partition coefficient (Wildman–Crippen LogP) is 1.60. The van der Waals surface area contributed by atoms with Crippen molar-refractivity contribution in [1.82, 2.24) is 10.6 Å². The Labute approximate surface area is 117 Å². The molecule has 3 rings (SSSR count). The summed E-state index contributed by atoms with van der Waals surface area (Å²) in [5.41, 5.74) is 0.836. The quantitative estimate of drug-likeness (QED) is 0.892. The lowest BCUT2D eigenvalue weighted by atomic mass is 10.2. The van der Waals surface area contributed by atoms with E-state index in [0.29, 0.717) is 19.8 Å². The zero-order chi connectivity index (χ0) is 13.9. The minimum Gasteiger partial charge on any atom is -0.459 e. The lowest BCUT2D eigenvalue weighted by Crippen LogP contribution is -2.51. The number of hydrogen-bond acceptors (Lipinski definition) is 4. The van der Waals surface area contributed by atoms with E-state index in [-0.39, 0.29) is 18.0 Å². The van der Waals surface area contributed by atoms with Gasteiger partial charge in [0.1, 0.15) is 17.4 Å². The number of hydrogen-bond donors (Lipinski definition) is 2. The molecule has 2 heterocycles. The number of carbonyl (C=O) groups excluding carboxylic acids is 1. The van der Waals surface area contributed by atoms with Gasteiger partial charge in [0.05, 0.1) is 19.3 Å². The van der Waals surface area contributed by atoms with Crippen molar-refractivity contribution in [2.24, 2.45) is 0 Å². The molecular weight excluding hydrogens is 256 g/mol. The Balaban J connectivity index is 1.68. The van der Waals surface area contributed by atoms with E-state index in [0.717, 1.165) is 16.7 Å². The molecule has 106 valence electrons. The predicted molar refractivity (Wildman–Crippen MR) is 75.4 cm³/mol. The number of amides is 1. The zero-order valence-electron chi connectivity index (χ0n) is 11.4. The maximum Gasteiger partial charge on any atom is 0.240 e. The van der Waals surface area contributed by atoms with Gasteiger partial charge in [-0.25, -0.2) is 0 Å². The van der Waals surface area contributed by atoms with Gasteiger partial charge < -0.3 is 19.8 Å². The first kappa shape index (κ1) is 13.1. The molecule has 0 bridgehead atoms. The Morgan fingerprint density at radius 3 is 3.05 bits per heavy atom. The number of benzene rings is 1. The van der Waals surface area contributed by atoms with Crippen LogP contribution in [-0.4, -0.2) is 31.7 Å². The average molecular weight is 274 g/mol. The Hall–Kier alpha value is -1.85. The molecule has 20 heavy (non-hydrogen) atoms. The van der Waals surface area contributed by atoms with Crippen LogP contribution in [-0.2, 0) is 9.53 Å². The van der Waals surface area contributed by atoms with Crippen molar-refractivity contribution < 1.29 is 13.9 Å². The highest BCUT2D eigenvalue weighted by molar-refractivity contribution is 5.83. The Morgan fingerprint density at radius 1 is 1.45 bits per heavy atom. The topological polar surface area (TPSA) is 63.5 Å². The molecule has 0 saturated carbocycles. The summed E-state index contributed by atoms with van der Waals surface area (Å²) in [7, 11) is 0. The van der Waals surface area contributed by atoms with Gasteiger partial charge in [-0.1, -0.05) is 18.2 Å². The molecule has 1 aromatic carbocycles. The van der Waals surface area contributed by atoms with Gasteiger partial charge in [0.2, 0.25) is 5.91 Å². The summed E-state index contributed by atoms with van der Waals surface area (Å²) in [5, 5.41) is 7.13. The van der Waals surface area contributed by atoms with E-state index in [1.807, 2.05) is 37.3 Å². The molecule has 0 aliphatic carbocycles. The maximum absolute atomic E-state index is 12.1. The van der Waals surface area contributed by atoms with Gasteiger partial charge >= 0.3 is 0 Å². The molecule has 0 spiro atoms. The van der Waals surface area contributed by atoms with E-state index in [9.17, 15) is 4.79 Å². The van der Waals surface area contributed by atoms with Crippen LogP contribution in [0.5, 0.6) is 0 Å². The lowest BCUT2D eigenvalue weighted by molar-refractivity contribution is -0.126. The molecule has 5 heteroatoms. The molecule has 0 radical (unpaired) electrons. The van der Waals surface area contributed by atoms with Crippen LogP contribution in [0.2, 0.25) is 0 Å². The minimum atomic E-state index is -0.282. The number of nitrogens with one attached hydrogen (secondary N) is 2. The van der Waals surface area contributed by atoms with Gasteiger partial charge in [-0.05, 0) is 19.1 Å². The van der Waals surface area contributed by atoms with Gasteiger partial charge in [0.15, 0.2) is 0 Å². The first-order chi connectivity index (χ1) is 9.74. The first-order valence-corrected chi connectivity index (χ1v) is 6.84. The van der Waals surface area contributed by atoms with Crippen LogP contribution in [0, 0.1) is 0 Å². The second-order valence-corrected chi connectivity index (χ2v) is 5.00. The van der Waals surface area contributed by atoms with Gasteiger partial charge in [0.25, 0.3) is 0 Å². The van der Waals surface area contributed by atoms with Crippen molar-refractivity contribution in [2.75, 3.05) is 19.8 Å². The van der Waals surface area contributed by atoms with Crippen LogP contribution in [0.25, 0.3) is 11.0 Å². The third-order valence-corrected chi connectivity index (χ3v) is 3.47. The first-order valence-electron chi connectivity index (χ1n) is 6.84. The van der Waals surface area contributed by atoms with E-state index in [1.54, 1.807) is 0 Å². The van der Waals surface area contributed by atoms with Gasteiger partial charge in [-0.15, -0.1) is 0 Å². The molecule has 1 saturated heterocycles. The summed E-state index contributed by atoms with van der Waals surface area (Å²) in [4.78, 5) is 12.1. The van der Waals surface area contributed by atoms with E-state index in [2.05, 4.69) is 10.6 Å². The smallest absolute Gasteiger partial charge is 0.240 e. The second kappa shape index (κ2) is 5.64. The van der Waals surface area contributed by atoms with Crippen LogP contribution in [0.15, 0.2) is 34.7 Å². The Morgan fingerprint density at radius 2 is 2.30 bits per heavy atom. The minimum absolute atomic E-state index is 0.0577. The molecule has 5 nitrogen and oxygen atoms in total. The van der Waals surface area contributed by atoms with E-state index in [4.69, 9.17) is 9.15 Å². The van der Waals surface area contributed by atoms with Gasteiger partial charge in [-0.3, -0.25) is 4.79 Å². The number of morpholine rings is 1. The second-order valence-electron chi connectivity index (χ2n) is 5.00. The van der Waals surface area contributed by atoms with Crippen molar-refractivity contribution >= 4 is 16.9 Å². The third-order valence-electron chi connectivity index (χ3n) is 3.47. The fourth-order valence-electron chi connectivity index (χ4n) is 2.33. The Kier molecular flexibility index (Phi) is 3.71. The van der Waals surface area contributed by atoms with Crippen LogP contribution in [0.4, 0.5) is 0 Å². The molecule has 2 aromatic rings. The van der Waals surface area contributed by atoms with Crippen LogP contribution in [0.1, 0.15) is 18.7 Å². The zero-order valence-corrected chi connectivity index (χ0v) is 11.4. The third kappa shape index (κ3) is 2.69. The number of para-hydroxylation sites is 1. The highest BCUT2D eigenvalue weighted by Crippen LogP contribution is 2.23. The summed E-state index contributed by atoms with van der Waals surface area (Å²) in [6.45, 7) is 3.69. The fraction of sp³-hybridized carbons (Fsp3) is 0.400. The lowest BCUT2D eigenvalue weighted by Gasteiger charge is -2.24. The molecule has 1 aliphatic heterocycles. The highest BCUT2D eigenvalue weighted by atomic mass is 16.5. The summed E-state index contributed by atoms with van der Waals surface area (Å²) >= 11 is 0. The SMILES string of the molecule is CC(NC(=O)C1COCCN1)c1cc2ccccc2o1. The normalized spacial score (nSPS) is 20.8. The average Bonchev–Trinajstić information content (AvgIpc) is 2.92. The molecule has 1 aromatic heterocycles. The van der Waals surface area contributed by atoms with Crippen LogP contribution >= 0.6 is 0 Å². The molecule has 2 atom stereocenters. The summed E-state index contributed by atoms with van der Waals surface area (Å²) in [6.07, 6.45) is 0. The fourth-order valence-corrected chi connectivity index (χ4v) is 2.33. The van der Waals surface area contributed by atoms with Crippen LogP contribution in [0.3, 0.4) is 0 Å². The van der Waals surface area contributed by atoms with E-state index < -0.39 is 0 Å². The van der Waals surface area contributed by atoms with E-state index in [1.165, 1.54) is 0 Å². The van der Waals surface area contributed by atoms with Gasteiger partial charge in [0, 0.05) is 11.9 Å². The largest absolute Gasteiger partial charge is 0.459 e. The Bertz CT molecular complexity index is 569. The van der Waals surface area contributed by atoms with E-state index >= 15 is 0 Å². The number of carbonyl (C=O) groups is 1. The number of furan rings is 1. The standard InChI is InChI=1S/C15H18N2O3/c1-10(17-15(18)12-9-19-7-6-16-12)14-8-11-4-2-3-5-13(11)20-14/h2-5,8,10,12,16H,6-7,9H2,1H3,(H,17,18). The van der Waals surface area contributed by atoms with Gasteiger partial charge in [-0.2, -0.15) is 0 Å². The van der Waals surface area contributed by atoms with Crippen molar-refractivity contribution in [2.45, 2.75) is 19.0 Å². The molecule has 1 amide bonds. The number of fused-ring (bicyclic) bond motifs is 1. The molecular formula is C15H18N2O3. The molecule has 2 unspecified atom stereocenters. The van der Waals surface area contributed by atoms with Crippen molar-refractivity contribution in [1.29, 1.82) is 0 Å². The summed E-state index contributed by atoms with van der Waals surface area (Å²) in [6, 6.07) is 9.33. The van der Waals surface area contributed by atoms with Crippen molar-refractivity contribution in [3.8, 4) is 0 Å². The summed E-state index contributed by atoms with van der Waals surface area (Å²) in [5.74, 6) is 0.703. The highest BCUT2D eigenvalue weighted by Gasteiger charge is 2.23. The van der Waals surface area contributed by atoms with Crippen molar-refractivity contribution in [3.63, 3.8) is 0 Å². The molecule has 1 fully saturated rings. The van der Waals surface area contributed by atoms with Crippen LogP contribution < -0.4 is 10.6 Å². The monoisotopic (exact) mass is 274 g/mol. The number of ether oxygens (including phenoxy) is 1. The van der Waals surface area contributed by atoms with Crippen molar-refractivity contribution in [3.05, 3.63) is 36.1 Å². The molecule has 2 N–H and O–H groups in total. The maximum atomic E-state index is 12.1. The molecule has 1 aliphatic rings. The number of rotatable bonds is 3.